The summed E-state index contributed by atoms with van der Waals surface area (Å²) in [6.07, 6.45) is 1.33. The zero-order chi connectivity index (χ0) is 12.2. The molecule has 1 saturated heterocycles. The van der Waals surface area contributed by atoms with E-state index in [1.807, 2.05) is 0 Å². The first kappa shape index (κ1) is 13.9. The van der Waals surface area contributed by atoms with Crippen LogP contribution in [0.25, 0.3) is 0 Å². The molecule has 96 valence electrons. The SMILES string of the molecule is CC(CO)(CO)NS(=O)(=O)CC1CCCO1. The molecule has 0 bridgehead atoms. The van der Waals surface area contributed by atoms with E-state index in [0.717, 1.165) is 12.8 Å². The molecule has 0 aromatic rings. The van der Waals surface area contributed by atoms with Crippen molar-refractivity contribution >= 4 is 10.0 Å². The van der Waals surface area contributed by atoms with Gasteiger partial charge in [0, 0.05) is 6.61 Å². The zero-order valence-corrected chi connectivity index (χ0v) is 10.2. The van der Waals surface area contributed by atoms with Crippen LogP contribution in [0, 0.1) is 0 Å². The Kier molecular flexibility index (Phi) is 4.69. The molecule has 0 radical (unpaired) electrons. The second kappa shape index (κ2) is 5.42. The molecule has 1 fully saturated rings. The summed E-state index contributed by atoms with van der Waals surface area (Å²) in [5.74, 6) is -0.122. The molecule has 0 aromatic carbocycles. The number of nitrogens with one attached hydrogen (secondary N) is 1. The van der Waals surface area contributed by atoms with Crippen LogP contribution in [-0.4, -0.2) is 55.8 Å². The highest BCUT2D eigenvalue weighted by Gasteiger charge is 2.31. The molecular formula is C9H19NO5S. The standard InChI is InChI=1S/C9H19NO5S/c1-9(6-11,7-12)10-16(13,14)5-8-3-2-4-15-8/h8,10-12H,2-7H2,1H3. The van der Waals surface area contributed by atoms with Gasteiger partial charge in [0.2, 0.25) is 10.0 Å². The quantitative estimate of drug-likeness (QED) is 0.554. The fourth-order valence-corrected chi connectivity index (χ4v) is 3.27. The maximum atomic E-state index is 11.7. The number of aliphatic hydroxyl groups excluding tert-OH is 2. The van der Waals surface area contributed by atoms with Crippen LogP contribution in [0.2, 0.25) is 0 Å². The van der Waals surface area contributed by atoms with Crippen LogP contribution in [0.5, 0.6) is 0 Å². The van der Waals surface area contributed by atoms with Crippen LogP contribution in [0.1, 0.15) is 19.8 Å². The summed E-state index contributed by atoms with van der Waals surface area (Å²) >= 11 is 0. The van der Waals surface area contributed by atoms with Gasteiger partial charge in [-0.1, -0.05) is 0 Å². The summed E-state index contributed by atoms with van der Waals surface area (Å²) in [5.41, 5.74) is -1.21. The lowest BCUT2D eigenvalue weighted by atomic mass is 10.1. The van der Waals surface area contributed by atoms with Crippen LogP contribution in [0.3, 0.4) is 0 Å². The Morgan fingerprint density at radius 1 is 1.44 bits per heavy atom. The molecule has 6 nitrogen and oxygen atoms in total. The average Bonchev–Trinajstić information content (AvgIpc) is 2.68. The Hall–Kier alpha value is -0.210. The lowest BCUT2D eigenvalue weighted by molar-refractivity contribution is 0.117. The Labute approximate surface area is 95.7 Å². The number of rotatable bonds is 6. The third-order valence-electron chi connectivity index (χ3n) is 2.53. The van der Waals surface area contributed by atoms with Gasteiger partial charge in [-0.2, -0.15) is 0 Å². The molecule has 0 amide bonds. The smallest absolute Gasteiger partial charge is 0.214 e. The molecule has 1 heterocycles. The minimum absolute atomic E-state index is 0.122. The van der Waals surface area contributed by atoms with Crippen molar-refractivity contribution in [2.75, 3.05) is 25.6 Å². The van der Waals surface area contributed by atoms with Gasteiger partial charge in [-0.3, -0.25) is 0 Å². The molecule has 0 saturated carbocycles. The van der Waals surface area contributed by atoms with Crippen molar-refractivity contribution in [3.05, 3.63) is 0 Å². The molecule has 7 heteroatoms. The lowest BCUT2D eigenvalue weighted by Gasteiger charge is -2.26. The third kappa shape index (κ3) is 3.99. The van der Waals surface area contributed by atoms with E-state index < -0.39 is 28.8 Å². The molecule has 1 aliphatic heterocycles. The molecule has 0 aromatic heterocycles. The Morgan fingerprint density at radius 2 is 2.06 bits per heavy atom. The first-order valence-electron chi connectivity index (χ1n) is 5.26. The van der Waals surface area contributed by atoms with Crippen LogP contribution in [-0.2, 0) is 14.8 Å². The molecular weight excluding hydrogens is 234 g/mol. The normalized spacial score (nSPS) is 22.6. The molecule has 1 unspecified atom stereocenters. The van der Waals surface area contributed by atoms with Crippen molar-refractivity contribution in [2.24, 2.45) is 0 Å². The van der Waals surface area contributed by atoms with E-state index in [0.29, 0.717) is 6.61 Å². The minimum Gasteiger partial charge on any atom is -0.394 e. The number of hydrogen-bond acceptors (Lipinski definition) is 5. The Morgan fingerprint density at radius 3 is 2.50 bits per heavy atom. The molecule has 0 aliphatic carbocycles. The van der Waals surface area contributed by atoms with Gasteiger partial charge in [-0.05, 0) is 19.8 Å². The summed E-state index contributed by atoms with van der Waals surface area (Å²) in [7, 11) is -3.54. The van der Waals surface area contributed by atoms with Crippen molar-refractivity contribution in [3.8, 4) is 0 Å². The molecule has 1 atom stereocenters. The number of sulfonamides is 1. The Bertz CT molecular complexity index is 306. The van der Waals surface area contributed by atoms with Crippen LogP contribution in [0.4, 0.5) is 0 Å². The van der Waals surface area contributed by atoms with Crippen molar-refractivity contribution in [1.29, 1.82) is 0 Å². The zero-order valence-electron chi connectivity index (χ0n) is 9.35. The average molecular weight is 253 g/mol. The minimum atomic E-state index is -3.54. The van der Waals surface area contributed by atoms with E-state index in [-0.39, 0.29) is 11.9 Å². The highest BCUT2D eigenvalue weighted by atomic mass is 32.2. The van der Waals surface area contributed by atoms with Gasteiger partial charge in [0.05, 0.1) is 30.6 Å². The first-order chi connectivity index (χ1) is 7.41. The van der Waals surface area contributed by atoms with E-state index in [2.05, 4.69) is 4.72 Å². The van der Waals surface area contributed by atoms with E-state index in [4.69, 9.17) is 14.9 Å². The van der Waals surface area contributed by atoms with E-state index in [9.17, 15) is 8.42 Å². The predicted octanol–water partition coefficient (Wildman–Crippen LogP) is -1.17. The lowest BCUT2D eigenvalue weighted by Crippen LogP contribution is -2.53. The number of ether oxygens (including phenoxy) is 1. The third-order valence-corrected chi connectivity index (χ3v) is 4.14. The molecule has 3 N–H and O–H groups in total. The van der Waals surface area contributed by atoms with Gasteiger partial charge >= 0.3 is 0 Å². The highest BCUT2D eigenvalue weighted by molar-refractivity contribution is 7.89. The number of hydrogen-bond donors (Lipinski definition) is 3. The Balaban J connectivity index is 2.56. The first-order valence-corrected chi connectivity index (χ1v) is 6.91. The van der Waals surface area contributed by atoms with Crippen LogP contribution >= 0.6 is 0 Å². The van der Waals surface area contributed by atoms with Gasteiger partial charge in [0.1, 0.15) is 0 Å². The summed E-state index contributed by atoms with van der Waals surface area (Å²) in [4.78, 5) is 0. The summed E-state index contributed by atoms with van der Waals surface area (Å²) in [6, 6.07) is 0. The van der Waals surface area contributed by atoms with E-state index in [1.165, 1.54) is 6.92 Å². The molecule has 16 heavy (non-hydrogen) atoms. The fourth-order valence-electron chi connectivity index (χ4n) is 1.55. The second-order valence-corrected chi connectivity index (χ2v) is 6.16. The topological polar surface area (TPSA) is 95.9 Å². The summed E-state index contributed by atoms with van der Waals surface area (Å²) < 4.78 is 30.9. The molecule has 1 rings (SSSR count). The fraction of sp³-hybridized carbons (Fsp3) is 1.00. The number of aliphatic hydroxyl groups is 2. The maximum absolute atomic E-state index is 11.7. The summed E-state index contributed by atoms with van der Waals surface area (Å²) in [5, 5.41) is 18.0. The van der Waals surface area contributed by atoms with Crippen LogP contribution in [0.15, 0.2) is 0 Å². The van der Waals surface area contributed by atoms with E-state index >= 15 is 0 Å². The van der Waals surface area contributed by atoms with E-state index in [1.54, 1.807) is 0 Å². The second-order valence-electron chi connectivity index (χ2n) is 4.40. The van der Waals surface area contributed by atoms with Crippen molar-refractivity contribution < 1.29 is 23.4 Å². The van der Waals surface area contributed by atoms with Gasteiger partial charge in [0.15, 0.2) is 0 Å². The molecule has 1 aliphatic rings. The summed E-state index contributed by atoms with van der Waals surface area (Å²) in [6.45, 7) is 1.14. The highest BCUT2D eigenvalue weighted by Crippen LogP contribution is 2.14. The van der Waals surface area contributed by atoms with Gasteiger partial charge in [-0.25, -0.2) is 13.1 Å². The van der Waals surface area contributed by atoms with Crippen LogP contribution < -0.4 is 4.72 Å². The van der Waals surface area contributed by atoms with Gasteiger partial charge < -0.3 is 14.9 Å². The monoisotopic (exact) mass is 253 g/mol. The maximum Gasteiger partial charge on any atom is 0.214 e. The largest absolute Gasteiger partial charge is 0.394 e. The predicted molar refractivity (Wildman–Crippen MR) is 58.5 cm³/mol. The molecule has 0 spiro atoms. The van der Waals surface area contributed by atoms with Gasteiger partial charge in [-0.15, -0.1) is 0 Å². The van der Waals surface area contributed by atoms with Crippen molar-refractivity contribution in [3.63, 3.8) is 0 Å². The van der Waals surface area contributed by atoms with Gasteiger partial charge in [0.25, 0.3) is 0 Å². The van der Waals surface area contributed by atoms with Crippen molar-refractivity contribution in [2.45, 2.75) is 31.4 Å². The van der Waals surface area contributed by atoms with Crippen molar-refractivity contribution in [1.82, 2.24) is 4.72 Å².